The maximum Gasteiger partial charge on any atom is 0.226 e. The Hall–Kier alpha value is -2.33. The molecule has 0 aliphatic carbocycles. The largest absolute Gasteiger partial charge is 0.493 e. The normalized spacial score (nSPS) is 12.0. The second-order valence-electron chi connectivity index (χ2n) is 6.00. The zero-order chi connectivity index (χ0) is 16.7. The smallest absolute Gasteiger partial charge is 0.226 e. The number of benzene rings is 2. The van der Waals surface area contributed by atoms with Crippen molar-refractivity contribution in [3.05, 3.63) is 60.2 Å². The molecule has 23 heavy (non-hydrogen) atoms. The lowest BCUT2D eigenvalue weighted by molar-refractivity contribution is -0.116. The van der Waals surface area contributed by atoms with Gasteiger partial charge in [0.25, 0.3) is 0 Å². The molecule has 0 bridgehead atoms. The van der Waals surface area contributed by atoms with Crippen molar-refractivity contribution in [3.8, 4) is 5.75 Å². The first-order valence-corrected chi connectivity index (χ1v) is 7.88. The number of anilines is 1. The fourth-order valence-corrected chi connectivity index (χ4v) is 2.16. The first kappa shape index (κ1) is 17.0. The molecule has 0 aromatic heterocycles. The molecule has 122 valence electrons. The molecule has 4 nitrogen and oxygen atoms in total. The molecule has 0 aliphatic heterocycles. The molecule has 2 aromatic rings. The number of nitrogens with two attached hydrogens (primary N) is 1. The standard InChI is InChI=1S/C19H24N2O2/c1-14(2)13-23-17-10-6-9-16(11-17)21-19(22)12-18(20)15-7-4-3-5-8-15/h3-11,14,18H,12-13,20H2,1-2H3,(H,21,22). The highest BCUT2D eigenvalue weighted by Gasteiger charge is 2.11. The minimum atomic E-state index is -0.309. The maximum atomic E-state index is 12.1. The van der Waals surface area contributed by atoms with Gasteiger partial charge in [-0.25, -0.2) is 0 Å². The SMILES string of the molecule is CC(C)COc1cccc(NC(=O)CC(N)c2ccccc2)c1. The van der Waals surface area contributed by atoms with Crippen LogP contribution in [0.4, 0.5) is 5.69 Å². The zero-order valence-electron chi connectivity index (χ0n) is 13.7. The Balaban J connectivity index is 1.91. The Morgan fingerprint density at radius 1 is 1.13 bits per heavy atom. The van der Waals surface area contributed by atoms with Crippen LogP contribution in [0.3, 0.4) is 0 Å². The van der Waals surface area contributed by atoms with Crippen molar-refractivity contribution in [2.45, 2.75) is 26.3 Å². The number of rotatable bonds is 7. The van der Waals surface area contributed by atoms with E-state index in [1.165, 1.54) is 0 Å². The van der Waals surface area contributed by atoms with Crippen LogP contribution in [0.15, 0.2) is 54.6 Å². The van der Waals surface area contributed by atoms with Gasteiger partial charge in [-0.1, -0.05) is 50.2 Å². The van der Waals surface area contributed by atoms with Crippen molar-refractivity contribution in [1.29, 1.82) is 0 Å². The predicted molar refractivity (Wildman–Crippen MR) is 93.4 cm³/mol. The van der Waals surface area contributed by atoms with Crippen molar-refractivity contribution in [3.63, 3.8) is 0 Å². The number of hydrogen-bond acceptors (Lipinski definition) is 3. The van der Waals surface area contributed by atoms with Gasteiger partial charge in [0.05, 0.1) is 6.61 Å². The van der Waals surface area contributed by atoms with Crippen LogP contribution in [0.2, 0.25) is 0 Å². The lowest BCUT2D eigenvalue weighted by atomic mass is 10.0. The Kier molecular flexibility index (Phi) is 6.18. The molecule has 0 heterocycles. The zero-order valence-corrected chi connectivity index (χ0v) is 13.7. The lowest BCUT2D eigenvalue weighted by Gasteiger charge is -2.13. The third-order valence-corrected chi connectivity index (χ3v) is 3.33. The van der Waals surface area contributed by atoms with Crippen LogP contribution in [0.5, 0.6) is 5.75 Å². The summed E-state index contributed by atoms with van der Waals surface area (Å²) in [4.78, 5) is 12.1. The molecule has 0 spiro atoms. The molecule has 0 radical (unpaired) electrons. The fraction of sp³-hybridized carbons (Fsp3) is 0.316. The molecule has 3 N–H and O–H groups in total. The molecular weight excluding hydrogens is 288 g/mol. The topological polar surface area (TPSA) is 64.3 Å². The monoisotopic (exact) mass is 312 g/mol. The summed E-state index contributed by atoms with van der Waals surface area (Å²) in [7, 11) is 0. The molecule has 2 aromatic carbocycles. The van der Waals surface area contributed by atoms with E-state index in [1.54, 1.807) is 0 Å². The summed E-state index contributed by atoms with van der Waals surface area (Å²) in [6.45, 7) is 4.84. The number of carbonyl (C=O) groups is 1. The van der Waals surface area contributed by atoms with Crippen molar-refractivity contribution < 1.29 is 9.53 Å². The molecule has 1 amide bonds. The van der Waals surface area contributed by atoms with E-state index in [0.717, 1.165) is 17.0 Å². The molecular formula is C19H24N2O2. The van der Waals surface area contributed by atoms with E-state index < -0.39 is 0 Å². The molecule has 0 saturated heterocycles. The minimum Gasteiger partial charge on any atom is -0.493 e. The summed E-state index contributed by atoms with van der Waals surface area (Å²) in [6, 6.07) is 16.7. The van der Waals surface area contributed by atoms with Crippen molar-refractivity contribution in [2.75, 3.05) is 11.9 Å². The Morgan fingerprint density at radius 3 is 2.57 bits per heavy atom. The molecule has 2 rings (SSSR count). The molecule has 4 heteroatoms. The molecule has 1 atom stereocenters. The van der Waals surface area contributed by atoms with Crippen LogP contribution in [0.25, 0.3) is 0 Å². The van der Waals surface area contributed by atoms with E-state index in [9.17, 15) is 4.79 Å². The van der Waals surface area contributed by atoms with E-state index >= 15 is 0 Å². The summed E-state index contributed by atoms with van der Waals surface area (Å²) in [5.41, 5.74) is 7.75. The summed E-state index contributed by atoms with van der Waals surface area (Å²) in [6.07, 6.45) is 0.237. The first-order chi connectivity index (χ1) is 11.0. The lowest BCUT2D eigenvalue weighted by Crippen LogP contribution is -2.20. The van der Waals surface area contributed by atoms with Gasteiger partial charge in [0.1, 0.15) is 5.75 Å². The van der Waals surface area contributed by atoms with Gasteiger partial charge in [0.15, 0.2) is 0 Å². The summed E-state index contributed by atoms with van der Waals surface area (Å²) in [5.74, 6) is 1.10. The van der Waals surface area contributed by atoms with E-state index in [2.05, 4.69) is 19.2 Å². The maximum absolute atomic E-state index is 12.1. The summed E-state index contributed by atoms with van der Waals surface area (Å²) in [5, 5.41) is 2.87. The van der Waals surface area contributed by atoms with Crippen LogP contribution in [-0.4, -0.2) is 12.5 Å². The van der Waals surface area contributed by atoms with Crippen LogP contribution >= 0.6 is 0 Å². The van der Waals surface area contributed by atoms with Gasteiger partial charge in [-0.05, 0) is 23.6 Å². The highest BCUT2D eigenvalue weighted by Crippen LogP contribution is 2.19. The Morgan fingerprint density at radius 2 is 1.87 bits per heavy atom. The van der Waals surface area contributed by atoms with Crippen molar-refractivity contribution in [2.24, 2.45) is 11.7 Å². The van der Waals surface area contributed by atoms with Crippen LogP contribution in [0.1, 0.15) is 31.9 Å². The number of amides is 1. The van der Waals surface area contributed by atoms with Crippen LogP contribution < -0.4 is 15.8 Å². The van der Waals surface area contributed by atoms with E-state index in [4.69, 9.17) is 10.5 Å². The van der Waals surface area contributed by atoms with E-state index in [1.807, 2.05) is 54.6 Å². The molecule has 1 unspecified atom stereocenters. The fourth-order valence-electron chi connectivity index (χ4n) is 2.16. The van der Waals surface area contributed by atoms with Gasteiger partial charge in [-0.3, -0.25) is 4.79 Å². The van der Waals surface area contributed by atoms with Crippen LogP contribution in [0, 0.1) is 5.92 Å². The molecule has 0 fully saturated rings. The van der Waals surface area contributed by atoms with Crippen LogP contribution in [-0.2, 0) is 4.79 Å². The Labute approximate surface area is 137 Å². The molecule has 0 saturated carbocycles. The summed E-state index contributed by atoms with van der Waals surface area (Å²) < 4.78 is 5.66. The second-order valence-corrected chi connectivity index (χ2v) is 6.00. The van der Waals surface area contributed by atoms with E-state index in [0.29, 0.717) is 12.5 Å². The van der Waals surface area contributed by atoms with Gasteiger partial charge in [-0.2, -0.15) is 0 Å². The van der Waals surface area contributed by atoms with Gasteiger partial charge < -0.3 is 15.8 Å². The highest BCUT2D eigenvalue weighted by molar-refractivity contribution is 5.91. The third kappa shape index (κ3) is 5.75. The third-order valence-electron chi connectivity index (χ3n) is 3.33. The second kappa shape index (κ2) is 8.34. The van der Waals surface area contributed by atoms with E-state index in [-0.39, 0.29) is 18.4 Å². The van der Waals surface area contributed by atoms with Crippen molar-refractivity contribution >= 4 is 11.6 Å². The van der Waals surface area contributed by atoms with Gasteiger partial charge in [0, 0.05) is 24.2 Å². The molecule has 0 aliphatic rings. The minimum absolute atomic E-state index is 0.109. The number of hydrogen-bond donors (Lipinski definition) is 2. The van der Waals surface area contributed by atoms with Crippen molar-refractivity contribution in [1.82, 2.24) is 0 Å². The highest BCUT2D eigenvalue weighted by atomic mass is 16.5. The van der Waals surface area contributed by atoms with Gasteiger partial charge in [0.2, 0.25) is 5.91 Å². The number of ether oxygens (including phenoxy) is 1. The predicted octanol–water partition coefficient (Wildman–Crippen LogP) is 3.75. The first-order valence-electron chi connectivity index (χ1n) is 7.88. The number of carbonyl (C=O) groups excluding carboxylic acids is 1. The summed E-state index contributed by atoms with van der Waals surface area (Å²) >= 11 is 0. The Bertz CT molecular complexity index is 626. The van der Waals surface area contributed by atoms with Gasteiger partial charge in [-0.15, -0.1) is 0 Å². The quantitative estimate of drug-likeness (QED) is 0.818. The average Bonchev–Trinajstić information content (AvgIpc) is 2.54. The number of nitrogens with one attached hydrogen (secondary N) is 1. The van der Waals surface area contributed by atoms with Gasteiger partial charge >= 0.3 is 0 Å². The average molecular weight is 312 g/mol.